The van der Waals surface area contributed by atoms with Crippen LogP contribution in [0.2, 0.25) is 0 Å². The van der Waals surface area contributed by atoms with Crippen molar-refractivity contribution >= 4 is 23.4 Å². The van der Waals surface area contributed by atoms with Gasteiger partial charge < -0.3 is 10.2 Å². The fraction of sp³-hybridized carbons (Fsp3) is 0.350. The third-order valence-electron chi connectivity index (χ3n) is 4.21. The highest BCUT2D eigenvalue weighted by Gasteiger charge is 2.19. The summed E-state index contributed by atoms with van der Waals surface area (Å²) in [5, 5.41) is 2.96. The summed E-state index contributed by atoms with van der Waals surface area (Å²) in [6, 6.07) is 14.8. The minimum atomic E-state index is 0.0190. The molecule has 0 aliphatic carbocycles. The molecule has 0 radical (unpaired) electrons. The number of aryl methyl sites for hydroxylation is 1. The first-order valence-corrected chi connectivity index (χ1v) is 9.51. The van der Waals surface area contributed by atoms with E-state index in [0.717, 1.165) is 37.4 Å². The molecule has 1 N–H and O–H groups in total. The number of anilines is 1. The van der Waals surface area contributed by atoms with Gasteiger partial charge in [-0.3, -0.25) is 4.79 Å². The van der Waals surface area contributed by atoms with Gasteiger partial charge in [0.15, 0.2) is 0 Å². The molecule has 0 bridgehead atoms. The molecule has 0 aromatic heterocycles. The number of carbonyl (C=O) groups is 1. The van der Waals surface area contributed by atoms with Gasteiger partial charge in [-0.25, -0.2) is 0 Å². The summed E-state index contributed by atoms with van der Waals surface area (Å²) in [5.74, 6) is 1.10. The topological polar surface area (TPSA) is 32.3 Å². The lowest BCUT2D eigenvalue weighted by Gasteiger charge is -2.31. The van der Waals surface area contributed by atoms with Gasteiger partial charge >= 0.3 is 0 Å². The van der Waals surface area contributed by atoms with Crippen molar-refractivity contribution < 1.29 is 4.79 Å². The average Bonchev–Trinajstić information content (AvgIpc) is 2.61. The zero-order valence-electron chi connectivity index (χ0n) is 14.3. The van der Waals surface area contributed by atoms with E-state index in [1.54, 1.807) is 0 Å². The van der Waals surface area contributed by atoms with E-state index in [9.17, 15) is 4.79 Å². The molecule has 0 saturated carbocycles. The lowest BCUT2D eigenvalue weighted by molar-refractivity contribution is 0.0953. The highest BCUT2D eigenvalue weighted by molar-refractivity contribution is 7.99. The average molecular weight is 340 g/mol. The van der Waals surface area contributed by atoms with Crippen LogP contribution in [-0.2, 0) is 6.54 Å². The Kier molecular flexibility index (Phi) is 5.46. The molecular formula is C20H24N2OS. The van der Waals surface area contributed by atoms with Crippen molar-refractivity contribution in [3.8, 4) is 0 Å². The maximum Gasteiger partial charge on any atom is 0.251 e. The first kappa shape index (κ1) is 16.9. The molecule has 3 nitrogen and oxygen atoms in total. The molecule has 126 valence electrons. The van der Waals surface area contributed by atoms with E-state index in [0.29, 0.717) is 0 Å². The van der Waals surface area contributed by atoms with Gasteiger partial charge in [0.05, 0.1) is 5.69 Å². The summed E-state index contributed by atoms with van der Waals surface area (Å²) >= 11 is 1.87. The van der Waals surface area contributed by atoms with Crippen LogP contribution in [0.4, 0.5) is 5.69 Å². The Morgan fingerprint density at radius 3 is 2.75 bits per heavy atom. The van der Waals surface area contributed by atoms with E-state index < -0.39 is 0 Å². The van der Waals surface area contributed by atoms with Crippen LogP contribution >= 0.6 is 11.8 Å². The summed E-state index contributed by atoms with van der Waals surface area (Å²) in [5.41, 5.74) is 4.51. The van der Waals surface area contributed by atoms with Crippen LogP contribution in [-0.4, -0.2) is 24.7 Å². The van der Waals surface area contributed by atoms with Crippen molar-refractivity contribution in [2.75, 3.05) is 23.7 Å². The van der Waals surface area contributed by atoms with E-state index in [1.165, 1.54) is 21.7 Å². The number of hydrogen-bond donors (Lipinski definition) is 1. The van der Waals surface area contributed by atoms with Crippen LogP contribution in [0.3, 0.4) is 0 Å². The molecule has 2 aromatic rings. The lowest BCUT2D eigenvalue weighted by Crippen LogP contribution is -2.29. The Labute approximate surface area is 148 Å². The molecule has 1 aliphatic rings. The van der Waals surface area contributed by atoms with Crippen molar-refractivity contribution in [3.05, 3.63) is 59.2 Å². The monoisotopic (exact) mass is 340 g/mol. The van der Waals surface area contributed by atoms with Gasteiger partial charge in [-0.2, -0.15) is 0 Å². The molecule has 24 heavy (non-hydrogen) atoms. The largest absolute Gasteiger partial charge is 0.365 e. The summed E-state index contributed by atoms with van der Waals surface area (Å²) in [4.78, 5) is 15.9. The highest BCUT2D eigenvalue weighted by atomic mass is 32.2. The van der Waals surface area contributed by atoms with Crippen LogP contribution < -0.4 is 10.2 Å². The van der Waals surface area contributed by atoms with Crippen molar-refractivity contribution in [2.45, 2.75) is 31.7 Å². The van der Waals surface area contributed by atoms with Crippen molar-refractivity contribution in [1.82, 2.24) is 5.32 Å². The zero-order chi connectivity index (χ0) is 16.9. The summed E-state index contributed by atoms with van der Waals surface area (Å²) in [7, 11) is 0. The number of rotatable bonds is 5. The van der Waals surface area contributed by atoms with Gasteiger partial charge in [0.1, 0.15) is 0 Å². The summed E-state index contributed by atoms with van der Waals surface area (Å²) < 4.78 is 0. The highest BCUT2D eigenvalue weighted by Crippen LogP contribution is 2.36. The van der Waals surface area contributed by atoms with Crippen LogP contribution in [0.1, 0.15) is 34.8 Å². The van der Waals surface area contributed by atoms with Gasteiger partial charge in [-0.05, 0) is 37.1 Å². The second kappa shape index (κ2) is 7.75. The molecule has 3 rings (SSSR count). The number of nitrogens with zero attached hydrogens (tertiary/aromatic N) is 1. The van der Waals surface area contributed by atoms with E-state index in [1.807, 2.05) is 23.9 Å². The van der Waals surface area contributed by atoms with Crippen LogP contribution in [0.25, 0.3) is 0 Å². The summed E-state index contributed by atoms with van der Waals surface area (Å²) in [6.07, 6.45) is 0.950. The predicted octanol–water partition coefficient (Wildman–Crippen LogP) is 4.25. The second-order valence-corrected chi connectivity index (χ2v) is 7.33. The molecule has 0 atom stereocenters. The Bertz CT molecular complexity index is 712. The zero-order valence-corrected chi connectivity index (χ0v) is 15.2. The number of fused-ring (bicyclic) bond motifs is 1. The first-order chi connectivity index (χ1) is 11.7. The molecular weight excluding hydrogens is 316 g/mol. The van der Waals surface area contributed by atoms with Crippen LogP contribution in [0, 0.1) is 6.92 Å². The third-order valence-corrected chi connectivity index (χ3v) is 5.25. The lowest BCUT2D eigenvalue weighted by atomic mass is 10.1. The first-order valence-electron chi connectivity index (χ1n) is 8.53. The van der Waals surface area contributed by atoms with Gasteiger partial charge in [0.25, 0.3) is 5.91 Å². The van der Waals surface area contributed by atoms with Crippen molar-refractivity contribution in [1.29, 1.82) is 0 Å². The molecule has 1 amide bonds. The normalized spacial score (nSPS) is 13.5. The molecule has 1 heterocycles. The minimum Gasteiger partial charge on any atom is -0.365 e. The standard InChI is InChI=1S/C20H24N2OS/c1-3-10-21-20(23)17-8-9-19-18(13-17)22(11-12-24-19)14-16-6-4-15(2)5-7-16/h4-9,13H,3,10-12,14H2,1-2H3,(H,21,23). The summed E-state index contributed by atoms with van der Waals surface area (Å²) in [6.45, 7) is 6.78. The predicted molar refractivity (Wildman–Crippen MR) is 102 cm³/mol. The van der Waals surface area contributed by atoms with Crippen LogP contribution in [0.5, 0.6) is 0 Å². The smallest absolute Gasteiger partial charge is 0.251 e. The number of amides is 1. The van der Waals surface area contributed by atoms with Crippen LogP contribution in [0.15, 0.2) is 47.4 Å². The Balaban J connectivity index is 1.82. The fourth-order valence-electron chi connectivity index (χ4n) is 2.83. The fourth-order valence-corrected chi connectivity index (χ4v) is 3.86. The number of benzene rings is 2. The second-order valence-electron chi connectivity index (χ2n) is 6.19. The third kappa shape index (κ3) is 3.93. The Hall–Kier alpha value is -1.94. The van der Waals surface area contributed by atoms with Crippen molar-refractivity contribution in [2.24, 2.45) is 0 Å². The van der Waals surface area contributed by atoms with Gasteiger partial charge in [-0.1, -0.05) is 36.8 Å². The van der Waals surface area contributed by atoms with Crippen molar-refractivity contribution in [3.63, 3.8) is 0 Å². The minimum absolute atomic E-state index is 0.0190. The maximum absolute atomic E-state index is 12.3. The number of nitrogens with one attached hydrogen (secondary N) is 1. The molecule has 0 spiro atoms. The maximum atomic E-state index is 12.3. The van der Waals surface area contributed by atoms with E-state index >= 15 is 0 Å². The van der Waals surface area contributed by atoms with E-state index in [4.69, 9.17) is 0 Å². The number of hydrogen-bond acceptors (Lipinski definition) is 3. The molecule has 0 unspecified atom stereocenters. The van der Waals surface area contributed by atoms with E-state index in [-0.39, 0.29) is 5.91 Å². The van der Waals surface area contributed by atoms with Gasteiger partial charge in [0, 0.05) is 35.8 Å². The van der Waals surface area contributed by atoms with Gasteiger partial charge in [-0.15, -0.1) is 11.8 Å². The molecule has 4 heteroatoms. The number of carbonyl (C=O) groups excluding carboxylic acids is 1. The van der Waals surface area contributed by atoms with E-state index in [2.05, 4.69) is 54.4 Å². The Morgan fingerprint density at radius 2 is 2.00 bits per heavy atom. The molecule has 0 fully saturated rings. The molecule has 0 saturated heterocycles. The number of thioether (sulfide) groups is 1. The van der Waals surface area contributed by atoms with Gasteiger partial charge in [0.2, 0.25) is 0 Å². The quantitative estimate of drug-likeness (QED) is 0.883. The molecule has 1 aliphatic heterocycles. The Morgan fingerprint density at radius 1 is 1.21 bits per heavy atom. The molecule has 2 aromatic carbocycles. The SMILES string of the molecule is CCCNC(=O)c1ccc2c(c1)N(Cc1ccc(C)cc1)CCS2.